The fourth-order valence-corrected chi connectivity index (χ4v) is 2.60. The number of rotatable bonds is 5. The van der Waals surface area contributed by atoms with Crippen LogP contribution in [0, 0.1) is 0 Å². The summed E-state index contributed by atoms with van der Waals surface area (Å²) in [6, 6.07) is 0. The Morgan fingerprint density at radius 1 is 1.20 bits per heavy atom. The van der Waals surface area contributed by atoms with Gasteiger partial charge in [-0.15, -0.1) is 0 Å². The van der Waals surface area contributed by atoms with Crippen molar-refractivity contribution < 1.29 is 12.8 Å². The molecule has 0 N–H and O–H groups in total. The Morgan fingerprint density at radius 3 is 2.00 bits per heavy atom. The van der Waals surface area contributed by atoms with Crippen molar-refractivity contribution in [2.45, 2.75) is 45.8 Å². The Balaban J connectivity index is 4.19. The average Bonchev–Trinajstić information content (AvgIpc) is 2.01. The van der Waals surface area contributed by atoms with Crippen LogP contribution >= 0.6 is 0 Å². The Bertz CT molecular complexity index is 288. The van der Waals surface area contributed by atoms with Gasteiger partial charge in [-0.1, -0.05) is 27.7 Å². The molecule has 5 heteroatoms. The molecule has 92 valence electrons. The third-order valence-electron chi connectivity index (χ3n) is 3.10. The second-order valence-electron chi connectivity index (χ2n) is 5.35. The van der Waals surface area contributed by atoms with Gasteiger partial charge in [-0.05, 0) is 18.1 Å². The molecule has 0 amide bonds. The van der Waals surface area contributed by atoms with Gasteiger partial charge < -0.3 is 4.43 Å². The summed E-state index contributed by atoms with van der Waals surface area (Å²) < 4.78 is 28.3. The van der Waals surface area contributed by atoms with Crippen LogP contribution < -0.4 is 0 Å². The minimum atomic E-state index is -2.89. The minimum Gasteiger partial charge on any atom is -0.416 e. The first-order chi connectivity index (χ1) is 6.52. The lowest BCUT2D eigenvalue weighted by atomic mass is 10.2. The van der Waals surface area contributed by atoms with Gasteiger partial charge in [0.25, 0.3) is 0 Å². The van der Waals surface area contributed by atoms with Gasteiger partial charge in [-0.2, -0.15) is 0 Å². The van der Waals surface area contributed by atoms with Crippen molar-refractivity contribution in [3.05, 3.63) is 0 Å². The summed E-state index contributed by atoms with van der Waals surface area (Å²) in [6.45, 7) is 12.7. The van der Waals surface area contributed by atoms with Crippen LogP contribution in [0.2, 0.25) is 18.1 Å². The predicted octanol–water partition coefficient (Wildman–Crippen LogP) is 2.44. The zero-order valence-corrected chi connectivity index (χ0v) is 12.6. The van der Waals surface area contributed by atoms with E-state index in [0.29, 0.717) is 6.61 Å². The quantitative estimate of drug-likeness (QED) is 0.706. The summed E-state index contributed by atoms with van der Waals surface area (Å²) in [6.07, 6.45) is 0. The van der Waals surface area contributed by atoms with Crippen molar-refractivity contribution in [2.75, 3.05) is 18.1 Å². The van der Waals surface area contributed by atoms with E-state index in [4.69, 9.17) is 4.43 Å². The van der Waals surface area contributed by atoms with Crippen molar-refractivity contribution in [3.8, 4) is 0 Å². The van der Waals surface area contributed by atoms with E-state index >= 15 is 0 Å². The molecule has 0 bridgehead atoms. The van der Waals surface area contributed by atoms with Crippen molar-refractivity contribution >= 4 is 18.2 Å². The molecule has 0 rings (SSSR count). The van der Waals surface area contributed by atoms with Gasteiger partial charge in [0.1, 0.15) is 0 Å². The van der Waals surface area contributed by atoms with Gasteiger partial charge in [-0.3, -0.25) is 0 Å². The lowest BCUT2D eigenvalue weighted by Crippen LogP contribution is -2.41. The maximum absolute atomic E-state index is 11.3. The summed E-state index contributed by atoms with van der Waals surface area (Å²) in [5.74, 6) is 0.351. The molecule has 0 aliphatic rings. The van der Waals surface area contributed by atoms with Gasteiger partial charge in [0.15, 0.2) is 18.2 Å². The van der Waals surface area contributed by atoms with Crippen LogP contribution in [0.4, 0.5) is 0 Å². The van der Waals surface area contributed by atoms with Crippen molar-refractivity contribution in [1.82, 2.24) is 0 Å². The zero-order chi connectivity index (χ0) is 12.3. The highest BCUT2D eigenvalue weighted by molar-refractivity contribution is 7.91. The standard InChI is InChI=1S/C10H24O3SSi/c1-7-14(11,12)9-8-13-15(5,6)10(2,3)4/h7-9H2,1-6H3. The van der Waals surface area contributed by atoms with E-state index in [9.17, 15) is 8.42 Å². The third-order valence-corrected chi connectivity index (χ3v) is 9.31. The lowest BCUT2D eigenvalue weighted by molar-refractivity contribution is 0.309. The SMILES string of the molecule is CCS(=O)(=O)CCO[Si](C)(C)C(C)(C)C. The van der Waals surface area contributed by atoms with Gasteiger partial charge >= 0.3 is 0 Å². The topological polar surface area (TPSA) is 43.4 Å². The minimum absolute atomic E-state index is 0.142. The highest BCUT2D eigenvalue weighted by Crippen LogP contribution is 2.36. The van der Waals surface area contributed by atoms with Crippen LogP contribution in [0.3, 0.4) is 0 Å². The maximum Gasteiger partial charge on any atom is 0.192 e. The maximum atomic E-state index is 11.3. The van der Waals surface area contributed by atoms with E-state index in [1.54, 1.807) is 6.92 Å². The van der Waals surface area contributed by atoms with Crippen molar-refractivity contribution in [1.29, 1.82) is 0 Å². The van der Waals surface area contributed by atoms with Crippen molar-refractivity contribution in [3.63, 3.8) is 0 Å². The first kappa shape index (κ1) is 15.1. The summed E-state index contributed by atoms with van der Waals surface area (Å²) >= 11 is 0. The Labute approximate surface area is 95.3 Å². The van der Waals surface area contributed by atoms with Gasteiger partial charge in [-0.25, -0.2) is 8.42 Å². The van der Waals surface area contributed by atoms with Gasteiger partial charge in [0.2, 0.25) is 0 Å². The van der Waals surface area contributed by atoms with Crippen LogP contribution in [0.1, 0.15) is 27.7 Å². The summed E-state index contributed by atoms with van der Waals surface area (Å²) in [5, 5.41) is 0.142. The molecule has 3 nitrogen and oxygen atoms in total. The van der Waals surface area contributed by atoms with Gasteiger partial charge in [0, 0.05) is 12.4 Å². The molecule has 0 aromatic rings. The smallest absolute Gasteiger partial charge is 0.192 e. The first-order valence-corrected chi connectivity index (χ1v) is 10.1. The molecule has 0 aromatic carbocycles. The Morgan fingerprint density at radius 2 is 1.67 bits per heavy atom. The molecule has 0 saturated heterocycles. The van der Waals surface area contributed by atoms with E-state index in [2.05, 4.69) is 33.9 Å². The average molecular weight is 252 g/mol. The van der Waals surface area contributed by atoms with Crippen LogP contribution in [-0.2, 0) is 14.3 Å². The molecular weight excluding hydrogens is 228 g/mol. The molecule has 0 heterocycles. The summed E-state index contributed by atoms with van der Waals surface area (Å²) in [4.78, 5) is 0. The number of sulfone groups is 1. The van der Waals surface area contributed by atoms with E-state index in [-0.39, 0.29) is 16.5 Å². The van der Waals surface area contributed by atoms with Crippen LogP contribution in [0.25, 0.3) is 0 Å². The van der Waals surface area contributed by atoms with Crippen molar-refractivity contribution in [2.24, 2.45) is 0 Å². The van der Waals surface area contributed by atoms with E-state index < -0.39 is 18.2 Å². The highest BCUT2D eigenvalue weighted by Gasteiger charge is 2.37. The fourth-order valence-electron chi connectivity index (χ4n) is 0.785. The molecule has 0 aromatic heterocycles. The van der Waals surface area contributed by atoms with Crippen LogP contribution in [0.5, 0.6) is 0 Å². The molecule has 0 aliphatic carbocycles. The second-order valence-corrected chi connectivity index (χ2v) is 12.6. The molecule has 0 spiro atoms. The molecular formula is C10H24O3SSi. The largest absolute Gasteiger partial charge is 0.416 e. The molecule has 0 fully saturated rings. The fraction of sp³-hybridized carbons (Fsp3) is 1.00. The molecule has 0 aliphatic heterocycles. The normalized spacial score (nSPS) is 14.3. The monoisotopic (exact) mass is 252 g/mol. The number of hydrogen-bond acceptors (Lipinski definition) is 3. The molecule has 0 saturated carbocycles. The lowest BCUT2D eigenvalue weighted by Gasteiger charge is -2.36. The predicted molar refractivity (Wildman–Crippen MR) is 67.5 cm³/mol. The summed E-state index contributed by atoms with van der Waals surface area (Å²) in [5.41, 5.74) is 0. The number of hydrogen-bond donors (Lipinski definition) is 0. The third kappa shape index (κ3) is 5.13. The first-order valence-electron chi connectivity index (χ1n) is 5.36. The molecule has 0 radical (unpaired) electrons. The van der Waals surface area contributed by atoms with E-state index in [0.717, 1.165) is 0 Å². The van der Waals surface area contributed by atoms with Crippen LogP contribution in [-0.4, -0.2) is 34.8 Å². The zero-order valence-electron chi connectivity index (χ0n) is 10.8. The highest BCUT2D eigenvalue weighted by atomic mass is 32.2. The molecule has 0 unspecified atom stereocenters. The van der Waals surface area contributed by atoms with E-state index in [1.165, 1.54) is 0 Å². The molecule has 0 atom stereocenters. The van der Waals surface area contributed by atoms with Gasteiger partial charge in [0.05, 0.1) is 5.75 Å². The second kappa shape index (κ2) is 4.97. The van der Waals surface area contributed by atoms with E-state index in [1.807, 2.05) is 0 Å². The van der Waals surface area contributed by atoms with Crippen LogP contribution in [0.15, 0.2) is 0 Å². The molecule has 15 heavy (non-hydrogen) atoms. The Hall–Kier alpha value is 0.127. The Kier molecular flexibility index (Phi) is 5.01. The summed E-state index contributed by atoms with van der Waals surface area (Å²) in [7, 11) is -4.67.